The Labute approximate surface area is 126 Å². The third kappa shape index (κ3) is 6.58. The van der Waals surface area contributed by atoms with Gasteiger partial charge >= 0.3 is 0 Å². The van der Waals surface area contributed by atoms with E-state index >= 15 is 0 Å². The van der Waals surface area contributed by atoms with Crippen molar-refractivity contribution in [3.8, 4) is 0 Å². The Balaban J connectivity index is 2.71. The van der Waals surface area contributed by atoms with Crippen LogP contribution in [-0.2, 0) is 11.3 Å². The molecular weight excluding hydrogens is 268 g/mol. The standard InChI is InChI=1S/C16H26N2O3/c1-5-9-17-15-7-6-14(18(19)20)11-13(15)12-21-10-8-16(2,3)4/h6-7,11,17H,5,8-10,12H2,1-4H3. The molecule has 1 N–H and O–H groups in total. The van der Waals surface area contributed by atoms with Crippen molar-refractivity contribution in [1.29, 1.82) is 0 Å². The highest BCUT2D eigenvalue weighted by Crippen LogP contribution is 2.24. The smallest absolute Gasteiger partial charge is 0.269 e. The van der Waals surface area contributed by atoms with Crippen LogP contribution in [0, 0.1) is 15.5 Å². The van der Waals surface area contributed by atoms with E-state index in [0.29, 0.717) is 13.2 Å². The minimum Gasteiger partial charge on any atom is -0.385 e. The highest BCUT2D eigenvalue weighted by Gasteiger charge is 2.12. The van der Waals surface area contributed by atoms with Crippen LogP contribution in [0.2, 0.25) is 0 Å². The van der Waals surface area contributed by atoms with Gasteiger partial charge in [-0.3, -0.25) is 10.1 Å². The zero-order valence-electron chi connectivity index (χ0n) is 13.4. The van der Waals surface area contributed by atoms with E-state index in [4.69, 9.17) is 4.74 Å². The number of non-ortho nitro benzene ring substituents is 1. The lowest BCUT2D eigenvalue weighted by molar-refractivity contribution is -0.384. The summed E-state index contributed by atoms with van der Waals surface area (Å²) in [4.78, 5) is 10.5. The quantitative estimate of drug-likeness (QED) is 0.439. The van der Waals surface area contributed by atoms with Gasteiger partial charge < -0.3 is 10.1 Å². The summed E-state index contributed by atoms with van der Waals surface area (Å²) >= 11 is 0. The van der Waals surface area contributed by atoms with Gasteiger partial charge in [-0.1, -0.05) is 27.7 Å². The number of nitro groups is 1. The first kappa shape index (κ1) is 17.4. The lowest BCUT2D eigenvalue weighted by Gasteiger charge is -2.18. The molecule has 0 saturated carbocycles. The van der Waals surface area contributed by atoms with E-state index in [9.17, 15) is 10.1 Å². The maximum Gasteiger partial charge on any atom is 0.269 e. The molecule has 0 radical (unpaired) electrons. The van der Waals surface area contributed by atoms with Gasteiger partial charge in [0, 0.05) is 36.5 Å². The number of nitrogens with zero attached hydrogens (tertiary/aromatic N) is 1. The maximum atomic E-state index is 10.9. The summed E-state index contributed by atoms with van der Waals surface area (Å²) < 4.78 is 5.69. The first-order valence-corrected chi connectivity index (χ1v) is 7.42. The Bertz CT molecular complexity index is 467. The fourth-order valence-electron chi connectivity index (χ4n) is 1.81. The van der Waals surface area contributed by atoms with Gasteiger partial charge in [-0.05, 0) is 24.3 Å². The molecule has 0 amide bonds. The highest BCUT2D eigenvalue weighted by molar-refractivity contribution is 5.55. The molecule has 0 unspecified atom stereocenters. The molecule has 0 atom stereocenters. The number of benzene rings is 1. The van der Waals surface area contributed by atoms with Crippen LogP contribution in [0.25, 0.3) is 0 Å². The van der Waals surface area contributed by atoms with E-state index in [1.165, 1.54) is 6.07 Å². The molecule has 0 heterocycles. The van der Waals surface area contributed by atoms with Crippen molar-refractivity contribution < 1.29 is 9.66 Å². The summed E-state index contributed by atoms with van der Waals surface area (Å²) in [5.41, 5.74) is 2.09. The van der Waals surface area contributed by atoms with Crippen molar-refractivity contribution >= 4 is 11.4 Å². The number of nitrogens with one attached hydrogen (secondary N) is 1. The highest BCUT2D eigenvalue weighted by atomic mass is 16.6. The van der Waals surface area contributed by atoms with Crippen LogP contribution in [0.5, 0.6) is 0 Å². The molecule has 0 aliphatic rings. The molecule has 5 nitrogen and oxygen atoms in total. The van der Waals surface area contributed by atoms with Crippen molar-refractivity contribution in [2.75, 3.05) is 18.5 Å². The van der Waals surface area contributed by atoms with Crippen molar-refractivity contribution in [3.63, 3.8) is 0 Å². The largest absolute Gasteiger partial charge is 0.385 e. The molecule has 0 spiro atoms. The van der Waals surface area contributed by atoms with Gasteiger partial charge in [0.25, 0.3) is 5.69 Å². The minimum absolute atomic E-state index is 0.103. The monoisotopic (exact) mass is 294 g/mol. The summed E-state index contributed by atoms with van der Waals surface area (Å²) in [6.07, 6.45) is 1.96. The second kappa shape index (κ2) is 7.98. The first-order chi connectivity index (χ1) is 9.83. The second-order valence-corrected chi connectivity index (χ2v) is 6.39. The van der Waals surface area contributed by atoms with Crippen LogP contribution in [-0.4, -0.2) is 18.1 Å². The predicted octanol–water partition coefficient (Wildman–Crippen LogP) is 4.37. The van der Waals surface area contributed by atoms with E-state index in [1.54, 1.807) is 12.1 Å². The molecule has 0 aliphatic carbocycles. The Kier molecular flexibility index (Phi) is 6.62. The van der Waals surface area contributed by atoms with Crippen molar-refractivity contribution in [2.24, 2.45) is 5.41 Å². The molecule has 0 aliphatic heterocycles. The zero-order valence-corrected chi connectivity index (χ0v) is 13.4. The number of anilines is 1. The van der Waals surface area contributed by atoms with Crippen LogP contribution in [0.15, 0.2) is 18.2 Å². The Morgan fingerprint density at radius 2 is 2.05 bits per heavy atom. The van der Waals surface area contributed by atoms with Gasteiger partial charge in [-0.2, -0.15) is 0 Å². The number of hydrogen-bond donors (Lipinski definition) is 1. The number of rotatable bonds is 8. The lowest BCUT2D eigenvalue weighted by Crippen LogP contribution is -2.10. The van der Waals surface area contributed by atoms with Gasteiger partial charge in [0.1, 0.15) is 0 Å². The molecule has 0 fully saturated rings. The van der Waals surface area contributed by atoms with Gasteiger partial charge in [-0.15, -0.1) is 0 Å². The molecule has 0 saturated heterocycles. The summed E-state index contributed by atoms with van der Waals surface area (Å²) in [5.74, 6) is 0. The second-order valence-electron chi connectivity index (χ2n) is 6.39. The minimum atomic E-state index is -0.373. The first-order valence-electron chi connectivity index (χ1n) is 7.42. The van der Waals surface area contributed by atoms with Gasteiger partial charge in [0.05, 0.1) is 11.5 Å². The summed E-state index contributed by atoms with van der Waals surface area (Å²) in [7, 11) is 0. The summed E-state index contributed by atoms with van der Waals surface area (Å²) in [6, 6.07) is 4.88. The normalized spacial score (nSPS) is 11.4. The molecular formula is C16H26N2O3. The van der Waals surface area contributed by atoms with Crippen molar-refractivity contribution in [3.05, 3.63) is 33.9 Å². The van der Waals surface area contributed by atoms with Crippen LogP contribution < -0.4 is 5.32 Å². The summed E-state index contributed by atoms with van der Waals surface area (Å²) in [5, 5.41) is 14.2. The molecule has 5 heteroatoms. The fraction of sp³-hybridized carbons (Fsp3) is 0.625. The molecule has 1 aromatic rings. The summed E-state index contributed by atoms with van der Waals surface area (Å²) in [6.45, 7) is 10.5. The third-order valence-electron chi connectivity index (χ3n) is 3.12. The third-order valence-corrected chi connectivity index (χ3v) is 3.12. The number of hydrogen-bond acceptors (Lipinski definition) is 4. The Hall–Kier alpha value is -1.62. The van der Waals surface area contributed by atoms with Gasteiger partial charge in [-0.25, -0.2) is 0 Å². The Morgan fingerprint density at radius 3 is 2.62 bits per heavy atom. The number of ether oxygens (including phenoxy) is 1. The molecule has 21 heavy (non-hydrogen) atoms. The average Bonchev–Trinajstić information content (AvgIpc) is 2.40. The number of nitro benzene ring substituents is 1. The lowest BCUT2D eigenvalue weighted by atomic mass is 9.93. The SMILES string of the molecule is CCCNc1ccc([N+](=O)[O-])cc1COCCC(C)(C)C. The molecule has 1 aromatic carbocycles. The molecule has 0 bridgehead atoms. The van der Waals surface area contributed by atoms with Gasteiger partial charge in [0.2, 0.25) is 0 Å². The topological polar surface area (TPSA) is 64.4 Å². The molecule has 1 rings (SSSR count). The van der Waals surface area contributed by atoms with Crippen LogP contribution in [0.3, 0.4) is 0 Å². The molecule has 0 aromatic heterocycles. The van der Waals surface area contributed by atoms with Crippen molar-refractivity contribution in [2.45, 2.75) is 47.1 Å². The molecule has 118 valence electrons. The Morgan fingerprint density at radius 1 is 1.33 bits per heavy atom. The van der Waals surface area contributed by atoms with E-state index in [-0.39, 0.29) is 16.0 Å². The van der Waals surface area contributed by atoms with E-state index in [0.717, 1.165) is 30.6 Å². The zero-order chi connectivity index (χ0) is 15.9. The van der Waals surface area contributed by atoms with E-state index in [2.05, 4.69) is 33.0 Å². The van der Waals surface area contributed by atoms with Gasteiger partial charge in [0.15, 0.2) is 0 Å². The van der Waals surface area contributed by atoms with Crippen LogP contribution >= 0.6 is 0 Å². The fourth-order valence-corrected chi connectivity index (χ4v) is 1.81. The van der Waals surface area contributed by atoms with Crippen molar-refractivity contribution in [1.82, 2.24) is 0 Å². The van der Waals surface area contributed by atoms with Crippen LogP contribution in [0.1, 0.15) is 46.1 Å². The van der Waals surface area contributed by atoms with E-state index in [1.807, 2.05) is 0 Å². The van der Waals surface area contributed by atoms with E-state index < -0.39 is 0 Å². The predicted molar refractivity (Wildman–Crippen MR) is 85.6 cm³/mol. The maximum absolute atomic E-state index is 10.9. The van der Waals surface area contributed by atoms with Crippen LogP contribution in [0.4, 0.5) is 11.4 Å². The average molecular weight is 294 g/mol.